The number of fused-ring (bicyclic) bond motifs is 1. The quantitative estimate of drug-likeness (QED) is 0.783. The topological polar surface area (TPSA) is 80.0 Å². The molecule has 7 heteroatoms. The molecule has 1 atom stereocenters. The zero-order valence-electron chi connectivity index (χ0n) is 13.4. The van der Waals surface area contributed by atoms with Crippen LogP contribution in [0.2, 0.25) is 0 Å². The Balaban J connectivity index is 1.66. The summed E-state index contributed by atoms with van der Waals surface area (Å²) in [6, 6.07) is 10.1. The number of aliphatic hydroxyl groups is 1. The molecule has 4 rings (SSSR count). The lowest BCUT2D eigenvalue weighted by Crippen LogP contribution is -2.37. The SMILES string of the molecule is OC[C@H]1CCCN(c2ncnc3c2nnn3Cc2ccccc2)C1. The van der Waals surface area contributed by atoms with Crippen molar-refractivity contribution in [3.8, 4) is 0 Å². The minimum atomic E-state index is 0.214. The molecule has 0 unspecified atom stereocenters. The largest absolute Gasteiger partial charge is 0.396 e. The highest BCUT2D eigenvalue weighted by atomic mass is 16.3. The third-order valence-electron chi connectivity index (χ3n) is 4.53. The van der Waals surface area contributed by atoms with Gasteiger partial charge < -0.3 is 10.0 Å². The lowest BCUT2D eigenvalue weighted by atomic mass is 9.99. The smallest absolute Gasteiger partial charge is 0.184 e. The number of hydrogen-bond acceptors (Lipinski definition) is 6. The Morgan fingerprint density at radius 3 is 2.88 bits per heavy atom. The highest BCUT2D eigenvalue weighted by Gasteiger charge is 2.23. The van der Waals surface area contributed by atoms with Crippen molar-refractivity contribution in [3.63, 3.8) is 0 Å². The molecule has 24 heavy (non-hydrogen) atoms. The van der Waals surface area contributed by atoms with Crippen molar-refractivity contribution in [1.29, 1.82) is 0 Å². The molecule has 7 nitrogen and oxygen atoms in total. The van der Waals surface area contributed by atoms with Crippen LogP contribution in [0.1, 0.15) is 18.4 Å². The van der Waals surface area contributed by atoms with Crippen LogP contribution < -0.4 is 4.90 Å². The average Bonchev–Trinajstić information content (AvgIpc) is 3.05. The van der Waals surface area contributed by atoms with E-state index < -0.39 is 0 Å². The number of hydrogen-bond donors (Lipinski definition) is 1. The monoisotopic (exact) mass is 324 g/mol. The zero-order chi connectivity index (χ0) is 16.4. The molecular weight excluding hydrogens is 304 g/mol. The number of nitrogens with zero attached hydrogens (tertiary/aromatic N) is 6. The van der Waals surface area contributed by atoms with E-state index in [9.17, 15) is 5.11 Å². The Hall–Kier alpha value is -2.54. The van der Waals surface area contributed by atoms with Crippen molar-refractivity contribution in [3.05, 3.63) is 42.2 Å². The summed E-state index contributed by atoms with van der Waals surface area (Å²) in [5.74, 6) is 1.11. The van der Waals surface area contributed by atoms with E-state index in [1.54, 1.807) is 6.33 Å². The summed E-state index contributed by atoms with van der Waals surface area (Å²) in [4.78, 5) is 11.0. The molecule has 124 valence electrons. The molecule has 3 heterocycles. The van der Waals surface area contributed by atoms with Crippen LogP contribution in [0.15, 0.2) is 36.7 Å². The van der Waals surface area contributed by atoms with Gasteiger partial charge in [-0.2, -0.15) is 0 Å². The summed E-state index contributed by atoms with van der Waals surface area (Å²) >= 11 is 0. The highest BCUT2D eigenvalue weighted by molar-refractivity contribution is 5.82. The van der Waals surface area contributed by atoms with E-state index in [4.69, 9.17) is 0 Å². The minimum absolute atomic E-state index is 0.214. The van der Waals surface area contributed by atoms with Gasteiger partial charge in [0, 0.05) is 19.7 Å². The minimum Gasteiger partial charge on any atom is -0.396 e. The zero-order valence-corrected chi connectivity index (χ0v) is 13.4. The van der Waals surface area contributed by atoms with E-state index in [0.29, 0.717) is 12.5 Å². The Kier molecular flexibility index (Phi) is 4.08. The Labute approximate surface area is 140 Å². The van der Waals surface area contributed by atoms with Crippen LogP contribution in [-0.4, -0.2) is 49.8 Å². The molecule has 0 radical (unpaired) electrons. The van der Waals surface area contributed by atoms with Crippen LogP contribution >= 0.6 is 0 Å². The van der Waals surface area contributed by atoms with Crippen LogP contribution in [0.3, 0.4) is 0 Å². The van der Waals surface area contributed by atoms with Crippen molar-refractivity contribution in [2.45, 2.75) is 19.4 Å². The van der Waals surface area contributed by atoms with E-state index >= 15 is 0 Å². The van der Waals surface area contributed by atoms with E-state index in [-0.39, 0.29) is 6.61 Å². The molecule has 3 aromatic rings. The molecule has 1 aliphatic rings. The van der Waals surface area contributed by atoms with Crippen LogP contribution in [0, 0.1) is 5.92 Å². The number of aromatic nitrogens is 5. The third-order valence-corrected chi connectivity index (χ3v) is 4.53. The summed E-state index contributed by atoms with van der Waals surface area (Å²) in [6.45, 7) is 2.57. The standard InChI is InChI=1S/C17H20N6O/c24-11-14-7-4-8-22(9-14)16-15-17(19-12-18-16)23(21-20-15)10-13-5-2-1-3-6-13/h1-3,5-6,12,14,24H,4,7-11H2/t14-/m0/s1. The summed E-state index contributed by atoms with van der Waals surface area (Å²) in [5, 5.41) is 18.0. The van der Waals surface area contributed by atoms with Gasteiger partial charge in [0.15, 0.2) is 17.0 Å². The highest BCUT2D eigenvalue weighted by Crippen LogP contribution is 2.26. The van der Waals surface area contributed by atoms with E-state index in [1.807, 2.05) is 22.9 Å². The summed E-state index contributed by atoms with van der Waals surface area (Å²) in [5.41, 5.74) is 2.63. The molecule has 2 aromatic heterocycles. The molecule has 1 saturated heterocycles. The maximum absolute atomic E-state index is 9.45. The third kappa shape index (κ3) is 2.82. The Morgan fingerprint density at radius 2 is 2.04 bits per heavy atom. The molecular formula is C17H20N6O. The normalized spacial score (nSPS) is 18.2. The van der Waals surface area contributed by atoms with Gasteiger partial charge in [0.25, 0.3) is 0 Å². The second kappa shape index (κ2) is 6.52. The molecule has 1 aromatic carbocycles. The summed E-state index contributed by atoms with van der Waals surface area (Å²) in [6.07, 6.45) is 3.68. The maximum atomic E-state index is 9.45. The fraction of sp³-hybridized carbons (Fsp3) is 0.412. The molecule has 1 N–H and O–H groups in total. The number of piperidine rings is 1. The van der Waals surface area contributed by atoms with E-state index in [0.717, 1.165) is 48.5 Å². The second-order valence-corrected chi connectivity index (χ2v) is 6.24. The van der Waals surface area contributed by atoms with Gasteiger partial charge in [0.1, 0.15) is 6.33 Å². The molecule has 0 bridgehead atoms. The van der Waals surface area contributed by atoms with Crippen molar-refractivity contribution >= 4 is 17.0 Å². The summed E-state index contributed by atoms with van der Waals surface area (Å²) < 4.78 is 1.81. The number of anilines is 1. The van der Waals surface area contributed by atoms with Crippen LogP contribution in [-0.2, 0) is 6.54 Å². The summed E-state index contributed by atoms with van der Waals surface area (Å²) in [7, 11) is 0. The number of aliphatic hydroxyl groups excluding tert-OH is 1. The Bertz CT molecular complexity index is 818. The molecule has 1 aliphatic heterocycles. The predicted octanol–water partition coefficient (Wildman–Crippen LogP) is 1.48. The first kappa shape index (κ1) is 15.0. The lowest BCUT2D eigenvalue weighted by Gasteiger charge is -2.32. The number of rotatable bonds is 4. The van der Waals surface area contributed by atoms with Crippen LogP contribution in [0.4, 0.5) is 5.82 Å². The Morgan fingerprint density at radius 1 is 1.17 bits per heavy atom. The number of benzene rings is 1. The van der Waals surface area contributed by atoms with Gasteiger partial charge in [-0.25, -0.2) is 14.6 Å². The molecule has 0 spiro atoms. The van der Waals surface area contributed by atoms with Gasteiger partial charge in [0.2, 0.25) is 0 Å². The van der Waals surface area contributed by atoms with E-state index in [2.05, 4.69) is 37.3 Å². The van der Waals surface area contributed by atoms with E-state index in [1.165, 1.54) is 0 Å². The van der Waals surface area contributed by atoms with Crippen molar-refractivity contribution in [2.75, 3.05) is 24.6 Å². The second-order valence-electron chi connectivity index (χ2n) is 6.24. The van der Waals surface area contributed by atoms with Crippen LogP contribution in [0.25, 0.3) is 11.2 Å². The fourth-order valence-electron chi connectivity index (χ4n) is 3.28. The first-order valence-corrected chi connectivity index (χ1v) is 8.29. The van der Waals surface area contributed by atoms with Crippen molar-refractivity contribution < 1.29 is 5.11 Å². The predicted molar refractivity (Wildman–Crippen MR) is 90.7 cm³/mol. The van der Waals surface area contributed by atoms with Crippen molar-refractivity contribution in [1.82, 2.24) is 25.0 Å². The van der Waals surface area contributed by atoms with Gasteiger partial charge in [0.05, 0.1) is 6.54 Å². The van der Waals surface area contributed by atoms with Gasteiger partial charge >= 0.3 is 0 Å². The van der Waals surface area contributed by atoms with Gasteiger partial charge in [-0.15, -0.1) is 5.10 Å². The molecule has 0 saturated carbocycles. The molecule has 1 fully saturated rings. The lowest BCUT2D eigenvalue weighted by molar-refractivity contribution is 0.208. The van der Waals surface area contributed by atoms with Gasteiger partial charge in [-0.05, 0) is 24.3 Å². The molecule has 0 amide bonds. The fourth-order valence-corrected chi connectivity index (χ4v) is 3.28. The first-order valence-electron chi connectivity index (χ1n) is 8.29. The van der Waals surface area contributed by atoms with Crippen LogP contribution in [0.5, 0.6) is 0 Å². The first-order chi connectivity index (χ1) is 11.8. The van der Waals surface area contributed by atoms with Crippen molar-refractivity contribution in [2.24, 2.45) is 5.92 Å². The maximum Gasteiger partial charge on any atom is 0.184 e. The van der Waals surface area contributed by atoms with Gasteiger partial charge in [-0.1, -0.05) is 35.5 Å². The average molecular weight is 324 g/mol. The van der Waals surface area contributed by atoms with Gasteiger partial charge in [-0.3, -0.25) is 0 Å². The molecule has 0 aliphatic carbocycles.